The van der Waals surface area contributed by atoms with Gasteiger partial charge in [0.25, 0.3) is 0 Å². The molecule has 0 aliphatic carbocycles. The summed E-state index contributed by atoms with van der Waals surface area (Å²) in [5.74, 6) is 0.870. The Labute approximate surface area is 87.3 Å². The summed E-state index contributed by atoms with van der Waals surface area (Å²) >= 11 is 12.6. The highest BCUT2D eigenvalue weighted by molar-refractivity contribution is 8.22. The summed E-state index contributed by atoms with van der Waals surface area (Å²) in [4.78, 5) is 0. The summed E-state index contributed by atoms with van der Waals surface area (Å²) in [6.07, 6.45) is 0. The van der Waals surface area contributed by atoms with Gasteiger partial charge < -0.3 is 0 Å². The van der Waals surface area contributed by atoms with Crippen molar-refractivity contribution in [1.82, 2.24) is 0 Å². The highest BCUT2D eigenvalue weighted by Crippen LogP contribution is 2.21. The van der Waals surface area contributed by atoms with Crippen LogP contribution in [0, 0.1) is 0 Å². The van der Waals surface area contributed by atoms with E-state index in [1.165, 1.54) is 0 Å². The molecule has 0 aliphatic heterocycles. The normalized spacial score (nSPS) is 9.83. The minimum absolute atomic E-state index is 0.821. The molecule has 1 aromatic rings. The summed E-state index contributed by atoms with van der Waals surface area (Å²) in [7, 11) is 0. The number of hydrogen-bond donors (Lipinski definition) is 0. The Kier molecular flexibility index (Phi) is 4.06. The maximum Gasteiger partial charge on any atom is 0.0450 e. The van der Waals surface area contributed by atoms with Gasteiger partial charge in [0.1, 0.15) is 0 Å². The monoisotopic (exact) mass is 216 g/mol. The largest absolute Gasteiger partial charge is 0.114 e. The van der Waals surface area contributed by atoms with E-state index in [4.69, 9.17) is 23.8 Å². The Morgan fingerprint density at radius 3 is 2.75 bits per heavy atom. The molecule has 0 N–H and O–H groups in total. The second kappa shape index (κ2) is 4.85. The fraction of sp³-hybridized carbons (Fsp3) is 0.222. The molecule has 0 amide bonds. The van der Waals surface area contributed by atoms with Gasteiger partial charge in [-0.25, -0.2) is 0 Å². The van der Waals surface area contributed by atoms with E-state index < -0.39 is 0 Å². The lowest BCUT2D eigenvalue weighted by molar-refractivity contribution is 1.42. The van der Waals surface area contributed by atoms with Gasteiger partial charge in [0.05, 0.1) is 0 Å². The summed E-state index contributed by atoms with van der Waals surface area (Å²) in [5, 5.41) is 0.821. The summed E-state index contributed by atoms with van der Waals surface area (Å²) < 4.78 is 0.954. The Morgan fingerprint density at radius 1 is 1.50 bits per heavy atom. The van der Waals surface area contributed by atoms with Gasteiger partial charge in [0, 0.05) is 15.0 Å². The lowest BCUT2D eigenvalue weighted by atomic mass is 10.2. The minimum Gasteiger partial charge on any atom is -0.114 e. The average Bonchev–Trinajstić information content (AvgIpc) is 2.03. The molecular formula is C9H9ClS2. The van der Waals surface area contributed by atoms with Crippen molar-refractivity contribution >= 4 is 39.8 Å². The molecular weight excluding hydrogens is 208 g/mol. The Hall–Kier alpha value is -0.0500. The first kappa shape index (κ1) is 10.0. The molecule has 12 heavy (non-hydrogen) atoms. The molecule has 0 aromatic heterocycles. The Balaban J connectivity index is 2.63. The number of rotatable bonds is 2. The smallest absolute Gasteiger partial charge is 0.0450 e. The predicted octanol–water partition coefficient (Wildman–Crippen LogP) is 3.92. The van der Waals surface area contributed by atoms with Crippen molar-refractivity contribution in [3.8, 4) is 0 Å². The zero-order chi connectivity index (χ0) is 8.97. The standard InChI is InChI=1S/C9H9ClS2/c1-7(11)12-6-8-4-2-3-5-9(8)10/h2-5H,6H2,1H3. The highest BCUT2D eigenvalue weighted by Gasteiger charge is 1.98. The number of hydrogen-bond acceptors (Lipinski definition) is 2. The van der Waals surface area contributed by atoms with Crippen LogP contribution in [0.3, 0.4) is 0 Å². The van der Waals surface area contributed by atoms with E-state index in [2.05, 4.69) is 0 Å². The quantitative estimate of drug-likeness (QED) is 0.688. The van der Waals surface area contributed by atoms with Crippen LogP contribution in [0.5, 0.6) is 0 Å². The van der Waals surface area contributed by atoms with E-state index in [9.17, 15) is 0 Å². The van der Waals surface area contributed by atoms with Gasteiger partial charge in [-0.05, 0) is 18.6 Å². The maximum atomic E-state index is 5.95. The van der Waals surface area contributed by atoms with Gasteiger partial charge in [-0.15, -0.1) is 11.8 Å². The maximum absolute atomic E-state index is 5.95. The Morgan fingerprint density at radius 2 is 2.17 bits per heavy atom. The summed E-state index contributed by atoms with van der Waals surface area (Å²) in [6.45, 7) is 1.93. The van der Waals surface area contributed by atoms with Crippen LogP contribution in [-0.4, -0.2) is 4.20 Å². The van der Waals surface area contributed by atoms with Gasteiger partial charge in [0.15, 0.2) is 0 Å². The Bertz CT molecular complexity index is 284. The van der Waals surface area contributed by atoms with Crippen LogP contribution in [0.15, 0.2) is 24.3 Å². The van der Waals surface area contributed by atoms with Crippen molar-refractivity contribution in [3.63, 3.8) is 0 Å². The first-order chi connectivity index (χ1) is 5.70. The lowest BCUT2D eigenvalue weighted by Crippen LogP contribution is -1.84. The van der Waals surface area contributed by atoms with Crippen molar-refractivity contribution in [3.05, 3.63) is 34.9 Å². The van der Waals surface area contributed by atoms with Gasteiger partial charge in [-0.1, -0.05) is 42.0 Å². The minimum atomic E-state index is 0.821. The number of halogens is 1. The van der Waals surface area contributed by atoms with Crippen LogP contribution < -0.4 is 0 Å². The topological polar surface area (TPSA) is 0 Å². The molecule has 0 radical (unpaired) electrons. The van der Waals surface area contributed by atoms with Crippen molar-refractivity contribution in [2.24, 2.45) is 0 Å². The second-order valence-corrected chi connectivity index (χ2v) is 4.84. The number of benzene rings is 1. The van der Waals surface area contributed by atoms with E-state index >= 15 is 0 Å². The number of thioether (sulfide) groups is 1. The van der Waals surface area contributed by atoms with E-state index in [1.54, 1.807) is 11.8 Å². The zero-order valence-electron chi connectivity index (χ0n) is 6.71. The fourth-order valence-electron chi connectivity index (χ4n) is 0.795. The molecule has 64 valence electrons. The number of thiocarbonyl (C=S) groups is 1. The van der Waals surface area contributed by atoms with Crippen molar-refractivity contribution in [2.75, 3.05) is 0 Å². The van der Waals surface area contributed by atoms with Crippen molar-refractivity contribution in [2.45, 2.75) is 12.7 Å². The molecule has 1 rings (SSSR count). The van der Waals surface area contributed by atoms with Crippen LogP contribution >= 0.6 is 35.6 Å². The van der Waals surface area contributed by atoms with Crippen LogP contribution in [0.25, 0.3) is 0 Å². The molecule has 0 bridgehead atoms. The molecule has 1 aromatic carbocycles. The molecule has 0 saturated carbocycles. The molecule has 0 heterocycles. The fourth-order valence-corrected chi connectivity index (χ4v) is 1.86. The average molecular weight is 217 g/mol. The SMILES string of the molecule is CC(=S)SCc1ccccc1Cl. The van der Waals surface area contributed by atoms with Gasteiger partial charge in [0.2, 0.25) is 0 Å². The third-order valence-corrected chi connectivity index (χ3v) is 2.97. The van der Waals surface area contributed by atoms with Gasteiger partial charge in [-0.3, -0.25) is 0 Å². The van der Waals surface area contributed by atoms with E-state index in [0.29, 0.717) is 0 Å². The lowest BCUT2D eigenvalue weighted by Gasteiger charge is -2.01. The van der Waals surface area contributed by atoms with E-state index in [0.717, 1.165) is 20.5 Å². The van der Waals surface area contributed by atoms with Crippen LogP contribution in [0.1, 0.15) is 12.5 Å². The highest BCUT2D eigenvalue weighted by atomic mass is 35.5. The first-order valence-corrected chi connectivity index (χ1v) is 5.34. The van der Waals surface area contributed by atoms with Gasteiger partial charge in [-0.2, -0.15) is 0 Å². The third-order valence-electron chi connectivity index (χ3n) is 1.39. The molecule has 0 nitrogen and oxygen atoms in total. The van der Waals surface area contributed by atoms with Crippen LogP contribution in [0.2, 0.25) is 5.02 Å². The molecule has 0 aliphatic rings. The summed E-state index contributed by atoms with van der Waals surface area (Å²) in [5.41, 5.74) is 1.15. The van der Waals surface area contributed by atoms with E-state index in [-0.39, 0.29) is 0 Å². The molecule has 3 heteroatoms. The second-order valence-electron chi connectivity index (χ2n) is 2.37. The van der Waals surface area contributed by atoms with Crippen molar-refractivity contribution < 1.29 is 0 Å². The molecule has 0 spiro atoms. The molecule has 0 atom stereocenters. The predicted molar refractivity (Wildman–Crippen MR) is 61.0 cm³/mol. The van der Waals surface area contributed by atoms with Crippen molar-refractivity contribution in [1.29, 1.82) is 0 Å². The van der Waals surface area contributed by atoms with Crippen LogP contribution in [-0.2, 0) is 5.75 Å². The summed E-state index contributed by atoms with van der Waals surface area (Å²) in [6, 6.07) is 7.84. The molecule has 0 saturated heterocycles. The zero-order valence-corrected chi connectivity index (χ0v) is 9.10. The van der Waals surface area contributed by atoms with E-state index in [1.807, 2.05) is 31.2 Å². The van der Waals surface area contributed by atoms with Crippen LogP contribution in [0.4, 0.5) is 0 Å². The van der Waals surface area contributed by atoms with Gasteiger partial charge >= 0.3 is 0 Å². The molecule has 0 unspecified atom stereocenters. The first-order valence-electron chi connectivity index (χ1n) is 3.57. The molecule has 0 fully saturated rings. The third kappa shape index (κ3) is 3.13.